The molecule has 0 amide bonds. The van der Waals surface area contributed by atoms with Crippen LogP contribution in [0.3, 0.4) is 0 Å². The van der Waals surface area contributed by atoms with Crippen LogP contribution in [-0.2, 0) is 6.42 Å². The fraction of sp³-hybridized carbons (Fsp3) is 0.500. The van der Waals surface area contributed by atoms with Gasteiger partial charge in [0.1, 0.15) is 5.01 Å². The first-order valence-corrected chi connectivity index (χ1v) is 3.22. The molecule has 0 saturated carbocycles. The van der Waals surface area contributed by atoms with Gasteiger partial charge in [0.2, 0.25) is 5.13 Å². The molecule has 52 valence electrons. The highest BCUT2D eigenvalue weighted by Gasteiger charge is 1.94. The molecule has 0 aliphatic carbocycles. The number of aryl methyl sites for hydroxylation is 1. The zero-order chi connectivity index (χ0) is 5.98. The number of aromatic nitrogens is 2. The lowest BCUT2D eigenvalue weighted by Crippen LogP contribution is -1.80. The van der Waals surface area contributed by atoms with Gasteiger partial charge in [-0.15, -0.1) is 22.6 Å². The van der Waals surface area contributed by atoms with Crippen molar-refractivity contribution in [3.63, 3.8) is 0 Å². The van der Waals surface area contributed by atoms with E-state index in [0.29, 0.717) is 5.13 Å². The molecule has 0 radical (unpaired) electrons. The van der Waals surface area contributed by atoms with E-state index in [9.17, 15) is 0 Å². The molecule has 0 aliphatic rings. The molecule has 0 atom stereocenters. The van der Waals surface area contributed by atoms with Gasteiger partial charge in [-0.05, 0) is 6.42 Å². The molecular formula is C4H8ClN3S. The predicted molar refractivity (Wildman–Crippen MR) is 40.9 cm³/mol. The minimum Gasteiger partial charge on any atom is -0.374 e. The Bertz CT molecular complexity index is 176. The second-order valence-electron chi connectivity index (χ2n) is 1.39. The Labute approximate surface area is 63.7 Å². The smallest absolute Gasteiger partial charge is 0.203 e. The van der Waals surface area contributed by atoms with Crippen molar-refractivity contribution in [1.82, 2.24) is 10.2 Å². The van der Waals surface area contributed by atoms with Crippen LogP contribution in [0.4, 0.5) is 5.13 Å². The van der Waals surface area contributed by atoms with E-state index in [4.69, 9.17) is 5.73 Å². The Balaban J connectivity index is 0.000000640. The zero-order valence-corrected chi connectivity index (χ0v) is 6.63. The van der Waals surface area contributed by atoms with Gasteiger partial charge in [-0.2, -0.15) is 0 Å². The van der Waals surface area contributed by atoms with Gasteiger partial charge in [-0.1, -0.05) is 18.3 Å². The van der Waals surface area contributed by atoms with Crippen LogP contribution in [0.25, 0.3) is 0 Å². The van der Waals surface area contributed by atoms with Gasteiger partial charge in [0.25, 0.3) is 0 Å². The number of hydrogen-bond donors (Lipinski definition) is 1. The lowest BCUT2D eigenvalue weighted by atomic mass is 10.5. The lowest BCUT2D eigenvalue weighted by molar-refractivity contribution is 0.988. The molecule has 0 spiro atoms. The Morgan fingerprint density at radius 3 is 2.44 bits per heavy atom. The van der Waals surface area contributed by atoms with Gasteiger partial charge in [0, 0.05) is 0 Å². The van der Waals surface area contributed by atoms with E-state index >= 15 is 0 Å². The second kappa shape index (κ2) is 3.63. The van der Waals surface area contributed by atoms with Crippen molar-refractivity contribution in [2.75, 3.05) is 5.73 Å². The number of hydrogen-bond acceptors (Lipinski definition) is 4. The van der Waals surface area contributed by atoms with Gasteiger partial charge in [0.15, 0.2) is 0 Å². The Morgan fingerprint density at radius 1 is 1.56 bits per heavy atom. The van der Waals surface area contributed by atoms with Crippen LogP contribution in [0.15, 0.2) is 0 Å². The summed E-state index contributed by atoms with van der Waals surface area (Å²) < 4.78 is 0. The SMILES string of the molecule is CCc1nnc(N)s1.Cl. The summed E-state index contributed by atoms with van der Waals surface area (Å²) >= 11 is 1.44. The molecule has 0 unspecified atom stereocenters. The first kappa shape index (κ1) is 8.65. The molecule has 1 aromatic rings. The van der Waals surface area contributed by atoms with E-state index in [2.05, 4.69) is 10.2 Å². The average Bonchev–Trinajstić information content (AvgIpc) is 2.14. The fourth-order valence-electron chi connectivity index (χ4n) is 0.409. The van der Waals surface area contributed by atoms with Crippen LogP contribution in [0.1, 0.15) is 11.9 Å². The van der Waals surface area contributed by atoms with Gasteiger partial charge >= 0.3 is 0 Å². The molecule has 9 heavy (non-hydrogen) atoms. The standard InChI is InChI=1S/C4H7N3S.ClH/c1-2-3-6-7-4(5)8-3;/h2H2,1H3,(H2,5,7);1H. The number of anilines is 1. The maximum atomic E-state index is 5.30. The Morgan fingerprint density at radius 2 is 2.22 bits per heavy atom. The van der Waals surface area contributed by atoms with Crippen LogP contribution in [0.2, 0.25) is 0 Å². The highest BCUT2D eigenvalue weighted by Crippen LogP contribution is 2.10. The van der Waals surface area contributed by atoms with E-state index < -0.39 is 0 Å². The first-order chi connectivity index (χ1) is 3.83. The van der Waals surface area contributed by atoms with Gasteiger partial charge in [-0.25, -0.2) is 0 Å². The van der Waals surface area contributed by atoms with Gasteiger partial charge in [0.05, 0.1) is 0 Å². The molecule has 3 nitrogen and oxygen atoms in total. The summed E-state index contributed by atoms with van der Waals surface area (Å²) in [5.74, 6) is 0. The van der Waals surface area contributed by atoms with Crippen molar-refractivity contribution in [2.24, 2.45) is 0 Å². The van der Waals surface area contributed by atoms with Crippen molar-refractivity contribution in [2.45, 2.75) is 13.3 Å². The highest BCUT2D eigenvalue weighted by atomic mass is 35.5. The van der Waals surface area contributed by atoms with Crippen LogP contribution in [0.5, 0.6) is 0 Å². The lowest BCUT2D eigenvalue weighted by Gasteiger charge is -1.75. The third-order valence-electron chi connectivity index (χ3n) is 0.785. The molecule has 0 fully saturated rings. The summed E-state index contributed by atoms with van der Waals surface area (Å²) in [6.45, 7) is 2.03. The van der Waals surface area contributed by atoms with E-state index in [1.54, 1.807) is 0 Å². The molecule has 0 bridgehead atoms. The summed E-state index contributed by atoms with van der Waals surface area (Å²) in [6.07, 6.45) is 0.925. The normalized spacial score (nSPS) is 8.56. The molecule has 1 rings (SSSR count). The van der Waals surface area contributed by atoms with Crippen molar-refractivity contribution in [3.05, 3.63) is 5.01 Å². The van der Waals surface area contributed by atoms with Crippen molar-refractivity contribution in [3.8, 4) is 0 Å². The molecule has 2 N–H and O–H groups in total. The first-order valence-electron chi connectivity index (χ1n) is 2.40. The number of nitrogens with zero attached hydrogens (tertiary/aromatic N) is 2. The van der Waals surface area contributed by atoms with E-state index in [0.717, 1.165) is 11.4 Å². The summed E-state index contributed by atoms with van der Waals surface area (Å²) in [7, 11) is 0. The molecule has 0 saturated heterocycles. The van der Waals surface area contributed by atoms with Crippen molar-refractivity contribution >= 4 is 28.9 Å². The summed E-state index contributed by atoms with van der Waals surface area (Å²) in [5, 5.41) is 8.97. The highest BCUT2D eigenvalue weighted by molar-refractivity contribution is 7.15. The van der Waals surface area contributed by atoms with E-state index in [-0.39, 0.29) is 12.4 Å². The number of nitrogens with two attached hydrogens (primary N) is 1. The second-order valence-corrected chi connectivity index (χ2v) is 2.48. The molecular weight excluding hydrogens is 158 g/mol. The summed E-state index contributed by atoms with van der Waals surface area (Å²) in [5.41, 5.74) is 5.30. The maximum Gasteiger partial charge on any atom is 0.203 e. The fourth-order valence-corrected chi connectivity index (χ4v) is 0.959. The Hall–Kier alpha value is -0.350. The topological polar surface area (TPSA) is 51.8 Å². The van der Waals surface area contributed by atoms with Crippen LogP contribution in [-0.4, -0.2) is 10.2 Å². The van der Waals surface area contributed by atoms with E-state index in [1.165, 1.54) is 11.3 Å². The van der Waals surface area contributed by atoms with E-state index in [1.807, 2.05) is 6.92 Å². The molecule has 0 aliphatic heterocycles. The molecule has 0 aromatic carbocycles. The molecule has 5 heteroatoms. The van der Waals surface area contributed by atoms with Crippen molar-refractivity contribution < 1.29 is 0 Å². The number of nitrogen functional groups attached to an aromatic ring is 1. The van der Waals surface area contributed by atoms with Crippen LogP contribution in [0, 0.1) is 0 Å². The van der Waals surface area contributed by atoms with Crippen molar-refractivity contribution in [1.29, 1.82) is 0 Å². The Kier molecular flexibility index (Phi) is 3.49. The number of rotatable bonds is 1. The minimum absolute atomic E-state index is 0. The summed E-state index contributed by atoms with van der Waals surface area (Å²) in [4.78, 5) is 0. The third kappa shape index (κ3) is 2.15. The largest absolute Gasteiger partial charge is 0.374 e. The predicted octanol–water partition coefficient (Wildman–Crippen LogP) is 1.10. The van der Waals surface area contributed by atoms with Gasteiger partial charge < -0.3 is 5.73 Å². The van der Waals surface area contributed by atoms with Gasteiger partial charge in [-0.3, -0.25) is 0 Å². The molecule has 1 aromatic heterocycles. The average molecular weight is 166 g/mol. The quantitative estimate of drug-likeness (QED) is 0.678. The third-order valence-corrected chi connectivity index (χ3v) is 1.68. The summed E-state index contributed by atoms with van der Waals surface area (Å²) in [6, 6.07) is 0. The number of halogens is 1. The van der Waals surface area contributed by atoms with Crippen LogP contribution >= 0.6 is 23.7 Å². The minimum atomic E-state index is 0. The monoisotopic (exact) mass is 165 g/mol. The maximum absolute atomic E-state index is 5.30. The van der Waals surface area contributed by atoms with Crippen LogP contribution < -0.4 is 5.73 Å². The zero-order valence-electron chi connectivity index (χ0n) is 5.00. The molecule has 1 heterocycles.